The predicted octanol–water partition coefficient (Wildman–Crippen LogP) is 7.62. The zero-order valence-corrected chi connectivity index (χ0v) is 22.8. The summed E-state index contributed by atoms with van der Waals surface area (Å²) >= 11 is 0. The highest BCUT2D eigenvalue weighted by molar-refractivity contribution is 5.93. The maximum Gasteiger partial charge on any atom is 0.120 e. The van der Waals surface area contributed by atoms with Gasteiger partial charge in [-0.3, -0.25) is 5.10 Å². The van der Waals surface area contributed by atoms with Gasteiger partial charge in [0.1, 0.15) is 18.1 Å². The van der Waals surface area contributed by atoms with Crippen molar-refractivity contribution in [2.24, 2.45) is 5.92 Å². The Morgan fingerprint density at radius 1 is 0.857 bits per heavy atom. The topological polar surface area (TPSA) is 56.4 Å². The molecule has 3 aromatic rings. The lowest BCUT2D eigenvalue weighted by atomic mass is 10.0. The van der Waals surface area contributed by atoms with Crippen molar-refractivity contribution in [2.45, 2.75) is 73.6 Å². The molecule has 1 N–H and O–H groups in total. The van der Waals surface area contributed by atoms with Crippen LogP contribution < -0.4 is 4.74 Å². The molecule has 0 unspecified atom stereocenters. The van der Waals surface area contributed by atoms with Gasteiger partial charge in [0.05, 0.1) is 12.1 Å². The molecular weight excluding hydrogens is 436 g/mol. The van der Waals surface area contributed by atoms with Crippen LogP contribution in [0, 0.1) is 5.92 Å². The molecular formula is C30H46N2O3. The molecule has 1 aromatic heterocycles. The van der Waals surface area contributed by atoms with E-state index < -0.39 is 0 Å². The number of H-pyrrole nitrogens is 1. The summed E-state index contributed by atoms with van der Waals surface area (Å²) in [5.41, 5.74) is 5.66. The molecule has 0 amide bonds. The van der Waals surface area contributed by atoms with Gasteiger partial charge in [-0.2, -0.15) is 5.10 Å². The quantitative estimate of drug-likeness (QED) is 0.226. The summed E-state index contributed by atoms with van der Waals surface area (Å²) < 4.78 is 17.5. The fourth-order valence-corrected chi connectivity index (χ4v) is 3.79. The third kappa shape index (κ3) is 9.65. The molecule has 5 heteroatoms. The zero-order chi connectivity index (χ0) is 25.5. The Kier molecular flexibility index (Phi) is 13.5. The lowest BCUT2D eigenvalue weighted by molar-refractivity contribution is 0.0925. The summed E-state index contributed by atoms with van der Waals surface area (Å²) in [7, 11) is 0. The molecule has 0 fully saturated rings. The zero-order valence-electron chi connectivity index (χ0n) is 22.8. The smallest absolute Gasteiger partial charge is 0.120 e. The molecule has 1 heterocycles. The fourth-order valence-electron chi connectivity index (χ4n) is 3.79. The molecule has 0 atom stereocenters. The van der Waals surface area contributed by atoms with E-state index in [1.165, 1.54) is 11.1 Å². The van der Waals surface area contributed by atoms with Gasteiger partial charge >= 0.3 is 0 Å². The first-order valence-electron chi connectivity index (χ1n) is 13.5. The van der Waals surface area contributed by atoms with E-state index in [1.54, 1.807) is 0 Å². The van der Waals surface area contributed by atoms with E-state index in [0.29, 0.717) is 19.1 Å². The Bertz CT molecular complexity index is 981. The molecule has 0 bridgehead atoms. The van der Waals surface area contributed by atoms with E-state index >= 15 is 0 Å². The van der Waals surface area contributed by atoms with Crippen molar-refractivity contribution in [2.75, 3.05) is 33.0 Å². The summed E-state index contributed by atoms with van der Waals surface area (Å²) in [6, 6.07) is 13.0. The summed E-state index contributed by atoms with van der Waals surface area (Å²) in [6.45, 7) is 16.3. The molecule has 0 aliphatic carbocycles. The van der Waals surface area contributed by atoms with Crippen LogP contribution in [-0.4, -0.2) is 43.2 Å². The maximum absolute atomic E-state index is 6.10. The molecule has 0 radical (unpaired) electrons. The minimum atomic E-state index is 0.544. The highest BCUT2D eigenvalue weighted by atomic mass is 16.5. The van der Waals surface area contributed by atoms with Crippen molar-refractivity contribution in [3.8, 4) is 17.0 Å². The molecule has 5 nitrogen and oxygen atoms in total. The summed E-state index contributed by atoms with van der Waals surface area (Å²) in [5, 5.41) is 8.99. The Hall–Kier alpha value is -2.37. The first-order chi connectivity index (χ1) is 17.1. The van der Waals surface area contributed by atoms with Crippen LogP contribution >= 0.6 is 0 Å². The van der Waals surface area contributed by atoms with Crippen LogP contribution in [0.4, 0.5) is 0 Å². The van der Waals surface area contributed by atoms with Gasteiger partial charge in [-0.15, -0.1) is 0 Å². The predicted molar refractivity (Wildman–Crippen MR) is 147 cm³/mol. The second kappa shape index (κ2) is 16.3. The van der Waals surface area contributed by atoms with Crippen molar-refractivity contribution < 1.29 is 14.2 Å². The van der Waals surface area contributed by atoms with E-state index in [2.05, 4.69) is 74.3 Å². The first kappa shape index (κ1) is 28.9. The van der Waals surface area contributed by atoms with Crippen LogP contribution in [0.3, 0.4) is 0 Å². The molecule has 3 rings (SSSR count). The summed E-state index contributed by atoms with van der Waals surface area (Å²) in [5.74, 6) is 1.52. The van der Waals surface area contributed by atoms with Gasteiger partial charge in [0.25, 0.3) is 0 Å². The number of nitrogens with zero attached hydrogens (tertiary/aromatic N) is 1. The van der Waals surface area contributed by atoms with Crippen molar-refractivity contribution in [3.63, 3.8) is 0 Å². The monoisotopic (exact) mass is 482 g/mol. The Balaban J connectivity index is 0.00000210. The Labute approximate surface area is 212 Å². The van der Waals surface area contributed by atoms with Gasteiger partial charge in [0, 0.05) is 30.8 Å². The highest BCUT2D eigenvalue weighted by Crippen LogP contribution is 2.31. The number of ether oxygens (including phenoxy) is 3. The van der Waals surface area contributed by atoms with Crippen molar-refractivity contribution in [3.05, 3.63) is 47.5 Å². The second-order valence-electron chi connectivity index (χ2n) is 9.03. The van der Waals surface area contributed by atoms with Crippen molar-refractivity contribution >= 4 is 10.9 Å². The number of hydrogen-bond donors (Lipinski definition) is 1. The molecule has 0 aliphatic rings. The Morgan fingerprint density at radius 3 is 2.40 bits per heavy atom. The molecule has 0 spiro atoms. The average Bonchev–Trinajstić information content (AvgIpc) is 3.30. The third-order valence-corrected chi connectivity index (χ3v) is 5.71. The average molecular weight is 483 g/mol. The van der Waals surface area contributed by atoms with Crippen LogP contribution in [0.25, 0.3) is 22.2 Å². The standard InChI is InChI=1S/C28H40N2O3.C2H6/c1-5-12-31-13-7-8-23-17-24(20-25(18-23)33-16-15-32-14-11-21(3)4)28-26-19-22(6-2)9-10-27(26)29-30-28;1-2/h9-10,17-21H,5-8,11-16H2,1-4H3,(H,29,30);1-2H3. The lowest BCUT2D eigenvalue weighted by Gasteiger charge is -2.12. The van der Waals surface area contributed by atoms with Crippen LogP contribution in [0.1, 0.15) is 71.9 Å². The molecule has 194 valence electrons. The van der Waals surface area contributed by atoms with Gasteiger partial charge < -0.3 is 14.2 Å². The van der Waals surface area contributed by atoms with E-state index in [0.717, 1.165) is 79.8 Å². The lowest BCUT2D eigenvalue weighted by Crippen LogP contribution is -2.09. The van der Waals surface area contributed by atoms with E-state index in [4.69, 9.17) is 14.2 Å². The molecule has 35 heavy (non-hydrogen) atoms. The van der Waals surface area contributed by atoms with Gasteiger partial charge in [-0.25, -0.2) is 0 Å². The number of fused-ring (bicyclic) bond motifs is 1. The summed E-state index contributed by atoms with van der Waals surface area (Å²) in [6.07, 6.45) is 5.07. The Morgan fingerprint density at radius 2 is 1.66 bits per heavy atom. The first-order valence-corrected chi connectivity index (χ1v) is 13.5. The molecule has 0 aliphatic heterocycles. The maximum atomic E-state index is 6.10. The van der Waals surface area contributed by atoms with Crippen LogP contribution in [-0.2, 0) is 22.3 Å². The second-order valence-corrected chi connectivity index (χ2v) is 9.03. The molecule has 2 aromatic carbocycles. The number of rotatable bonds is 15. The SMILES string of the molecule is CC.CCCOCCCc1cc(OCCOCCC(C)C)cc(-c2n[nH]c3ccc(CC)cc23)c1. The highest BCUT2D eigenvalue weighted by Gasteiger charge is 2.12. The number of benzene rings is 2. The van der Waals surface area contributed by atoms with E-state index in [1.807, 2.05) is 13.8 Å². The number of nitrogens with one attached hydrogen (secondary N) is 1. The van der Waals surface area contributed by atoms with E-state index in [-0.39, 0.29) is 0 Å². The third-order valence-electron chi connectivity index (χ3n) is 5.71. The van der Waals surface area contributed by atoms with Crippen molar-refractivity contribution in [1.82, 2.24) is 10.2 Å². The van der Waals surface area contributed by atoms with Gasteiger partial charge in [-0.05, 0) is 79.5 Å². The van der Waals surface area contributed by atoms with Gasteiger partial charge in [-0.1, -0.05) is 47.6 Å². The fraction of sp³-hybridized carbons (Fsp3) is 0.567. The van der Waals surface area contributed by atoms with Gasteiger partial charge in [0.15, 0.2) is 0 Å². The largest absolute Gasteiger partial charge is 0.491 e. The summed E-state index contributed by atoms with van der Waals surface area (Å²) in [4.78, 5) is 0. The minimum Gasteiger partial charge on any atom is -0.491 e. The number of aromatic nitrogens is 2. The number of aromatic amines is 1. The van der Waals surface area contributed by atoms with Crippen LogP contribution in [0.2, 0.25) is 0 Å². The number of aryl methyl sites for hydroxylation is 2. The van der Waals surface area contributed by atoms with Gasteiger partial charge in [0.2, 0.25) is 0 Å². The molecule has 0 saturated carbocycles. The normalized spacial score (nSPS) is 11.1. The van der Waals surface area contributed by atoms with Crippen LogP contribution in [0.15, 0.2) is 36.4 Å². The molecule has 0 saturated heterocycles. The minimum absolute atomic E-state index is 0.544. The van der Waals surface area contributed by atoms with Crippen molar-refractivity contribution in [1.29, 1.82) is 0 Å². The van der Waals surface area contributed by atoms with E-state index in [9.17, 15) is 0 Å². The number of hydrogen-bond acceptors (Lipinski definition) is 4. The van der Waals surface area contributed by atoms with Crippen LogP contribution in [0.5, 0.6) is 5.75 Å².